The molecule has 5 nitrogen and oxygen atoms in total. The lowest BCUT2D eigenvalue weighted by atomic mass is 9.81. The second-order valence-corrected chi connectivity index (χ2v) is 5.24. The van der Waals surface area contributed by atoms with E-state index in [0.717, 1.165) is 31.6 Å². The molecule has 19 heavy (non-hydrogen) atoms. The molecule has 0 aliphatic carbocycles. The van der Waals surface area contributed by atoms with E-state index in [4.69, 9.17) is 0 Å². The fourth-order valence-corrected chi connectivity index (χ4v) is 3.14. The highest BCUT2D eigenvalue weighted by molar-refractivity contribution is 5.02. The van der Waals surface area contributed by atoms with Gasteiger partial charge in [-0.15, -0.1) is 0 Å². The minimum atomic E-state index is 0.152. The number of rotatable bonds is 8. The Hall–Kier alpha value is -0.940. The number of aryl methyl sites for hydroxylation is 1. The maximum atomic E-state index is 4.41. The van der Waals surface area contributed by atoms with Gasteiger partial charge in [0, 0.05) is 24.5 Å². The Kier molecular flexibility index (Phi) is 5.94. The zero-order chi connectivity index (χ0) is 14.5. The highest BCUT2D eigenvalue weighted by Crippen LogP contribution is 2.27. The van der Waals surface area contributed by atoms with E-state index < -0.39 is 0 Å². The van der Waals surface area contributed by atoms with Gasteiger partial charge in [0.15, 0.2) is 0 Å². The summed E-state index contributed by atoms with van der Waals surface area (Å²) < 4.78 is 1.98. The maximum absolute atomic E-state index is 4.41. The van der Waals surface area contributed by atoms with Crippen molar-refractivity contribution in [3.8, 4) is 0 Å². The number of nitrogens with one attached hydrogen (secondary N) is 1. The summed E-state index contributed by atoms with van der Waals surface area (Å²) in [4.78, 5) is 6.76. The van der Waals surface area contributed by atoms with Crippen molar-refractivity contribution in [2.45, 2.75) is 58.2 Å². The Morgan fingerprint density at radius 3 is 2.37 bits per heavy atom. The van der Waals surface area contributed by atoms with E-state index in [1.54, 1.807) is 6.33 Å². The van der Waals surface area contributed by atoms with E-state index in [2.05, 4.69) is 55.2 Å². The molecule has 0 fully saturated rings. The molecule has 5 heteroatoms. The average Bonchev–Trinajstić information content (AvgIpc) is 2.86. The molecule has 1 atom stereocenters. The van der Waals surface area contributed by atoms with Gasteiger partial charge >= 0.3 is 0 Å². The molecule has 0 bridgehead atoms. The third kappa shape index (κ3) is 3.15. The monoisotopic (exact) mass is 267 g/mol. The first-order valence-corrected chi connectivity index (χ1v) is 7.27. The summed E-state index contributed by atoms with van der Waals surface area (Å²) in [6, 6.07) is 0.368. The lowest BCUT2D eigenvalue weighted by molar-refractivity contribution is 0.0903. The van der Waals surface area contributed by atoms with E-state index in [1.807, 2.05) is 11.7 Å². The molecule has 1 rings (SSSR count). The van der Waals surface area contributed by atoms with E-state index in [9.17, 15) is 0 Å². The Morgan fingerprint density at radius 2 is 1.95 bits per heavy atom. The summed E-state index contributed by atoms with van der Waals surface area (Å²) >= 11 is 0. The molecular formula is C14H29N5. The van der Waals surface area contributed by atoms with E-state index >= 15 is 0 Å². The van der Waals surface area contributed by atoms with Crippen molar-refractivity contribution in [2.75, 3.05) is 21.1 Å². The first kappa shape index (κ1) is 16.1. The Balaban J connectivity index is 2.99. The summed E-state index contributed by atoms with van der Waals surface area (Å²) in [5.74, 6) is 1.06. The molecule has 0 radical (unpaired) electrons. The third-order valence-corrected chi connectivity index (χ3v) is 4.49. The van der Waals surface area contributed by atoms with Gasteiger partial charge in [-0.3, -0.25) is 4.68 Å². The lowest BCUT2D eigenvalue weighted by Crippen LogP contribution is -2.58. The van der Waals surface area contributed by atoms with Crippen LogP contribution < -0.4 is 5.32 Å². The van der Waals surface area contributed by atoms with Crippen LogP contribution in [0, 0.1) is 0 Å². The van der Waals surface area contributed by atoms with Crippen molar-refractivity contribution in [3.05, 3.63) is 12.2 Å². The first-order valence-electron chi connectivity index (χ1n) is 7.27. The summed E-state index contributed by atoms with van der Waals surface area (Å²) in [6.07, 6.45) is 4.79. The lowest BCUT2D eigenvalue weighted by Gasteiger charge is -2.45. The molecule has 1 heterocycles. The van der Waals surface area contributed by atoms with E-state index in [1.165, 1.54) is 0 Å². The van der Waals surface area contributed by atoms with Crippen molar-refractivity contribution < 1.29 is 0 Å². The van der Waals surface area contributed by atoms with Gasteiger partial charge in [0.05, 0.1) is 0 Å². The molecule has 110 valence electrons. The van der Waals surface area contributed by atoms with Gasteiger partial charge in [0.2, 0.25) is 0 Å². The minimum Gasteiger partial charge on any atom is -0.315 e. The van der Waals surface area contributed by atoms with Gasteiger partial charge in [0.25, 0.3) is 0 Å². The summed E-state index contributed by atoms with van der Waals surface area (Å²) in [7, 11) is 6.38. The van der Waals surface area contributed by atoms with Gasteiger partial charge in [-0.2, -0.15) is 5.10 Å². The molecular weight excluding hydrogens is 238 g/mol. The highest BCUT2D eigenvalue weighted by atomic mass is 15.3. The zero-order valence-electron chi connectivity index (χ0n) is 13.3. The van der Waals surface area contributed by atoms with Crippen LogP contribution in [0.3, 0.4) is 0 Å². The second-order valence-electron chi connectivity index (χ2n) is 5.24. The van der Waals surface area contributed by atoms with Crippen LogP contribution in [-0.4, -0.2) is 52.4 Å². The van der Waals surface area contributed by atoms with Crippen molar-refractivity contribution in [2.24, 2.45) is 0 Å². The molecule has 0 aliphatic heterocycles. The molecule has 0 aliphatic rings. The van der Waals surface area contributed by atoms with E-state index in [0.29, 0.717) is 6.04 Å². The predicted octanol–water partition coefficient (Wildman–Crippen LogP) is 1.55. The Bertz CT molecular complexity index is 368. The summed E-state index contributed by atoms with van der Waals surface area (Å²) in [5.41, 5.74) is 0.152. The Labute approximate surface area is 117 Å². The number of hydrogen-bond donors (Lipinski definition) is 1. The first-order chi connectivity index (χ1) is 9.05. The van der Waals surface area contributed by atoms with Crippen LogP contribution in [0.4, 0.5) is 0 Å². The molecule has 0 saturated heterocycles. The van der Waals surface area contributed by atoms with Crippen LogP contribution >= 0.6 is 0 Å². The fourth-order valence-electron chi connectivity index (χ4n) is 3.14. The van der Waals surface area contributed by atoms with Crippen LogP contribution in [-0.2, 0) is 13.0 Å². The highest BCUT2D eigenvalue weighted by Gasteiger charge is 2.37. The largest absolute Gasteiger partial charge is 0.315 e. The van der Waals surface area contributed by atoms with Gasteiger partial charge < -0.3 is 10.2 Å². The molecule has 0 saturated carbocycles. The number of hydrogen-bond acceptors (Lipinski definition) is 4. The van der Waals surface area contributed by atoms with Crippen LogP contribution in [0.5, 0.6) is 0 Å². The van der Waals surface area contributed by atoms with Crippen molar-refractivity contribution in [1.82, 2.24) is 25.0 Å². The molecule has 1 aromatic heterocycles. The van der Waals surface area contributed by atoms with Gasteiger partial charge in [-0.25, -0.2) is 4.98 Å². The second kappa shape index (κ2) is 7.01. The molecule has 1 aromatic rings. The molecule has 1 N–H and O–H groups in total. The normalized spacial score (nSPS) is 14.1. The topological polar surface area (TPSA) is 46.0 Å². The molecule has 0 amide bonds. The number of nitrogens with zero attached hydrogens (tertiary/aromatic N) is 4. The molecule has 0 spiro atoms. The zero-order valence-corrected chi connectivity index (χ0v) is 13.3. The van der Waals surface area contributed by atoms with Crippen molar-refractivity contribution in [1.29, 1.82) is 0 Å². The average molecular weight is 267 g/mol. The summed E-state index contributed by atoms with van der Waals surface area (Å²) in [5, 5.41) is 7.76. The smallest absolute Gasteiger partial charge is 0.138 e. The SMILES string of the molecule is CCn1ncnc1CC(NC)C(CC)(CC)N(C)C. The number of aromatic nitrogens is 3. The van der Waals surface area contributed by atoms with Crippen LogP contribution in [0.1, 0.15) is 39.4 Å². The number of likely N-dealkylation sites (N-methyl/N-ethyl adjacent to an activating group) is 2. The third-order valence-electron chi connectivity index (χ3n) is 4.49. The molecule has 0 aromatic carbocycles. The van der Waals surface area contributed by atoms with Crippen molar-refractivity contribution >= 4 is 0 Å². The van der Waals surface area contributed by atoms with Gasteiger partial charge in [-0.05, 0) is 40.9 Å². The minimum absolute atomic E-state index is 0.152. The van der Waals surface area contributed by atoms with Crippen LogP contribution in [0.25, 0.3) is 0 Å². The molecule has 1 unspecified atom stereocenters. The van der Waals surface area contributed by atoms with Crippen LogP contribution in [0.15, 0.2) is 6.33 Å². The van der Waals surface area contributed by atoms with E-state index in [-0.39, 0.29) is 5.54 Å². The summed E-state index contributed by atoms with van der Waals surface area (Å²) in [6.45, 7) is 7.50. The predicted molar refractivity (Wildman–Crippen MR) is 79.2 cm³/mol. The van der Waals surface area contributed by atoms with Crippen LogP contribution in [0.2, 0.25) is 0 Å². The Morgan fingerprint density at radius 1 is 1.32 bits per heavy atom. The van der Waals surface area contributed by atoms with Crippen molar-refractivity contribution in [3.63, 3.8) is 0 Å². The van der Waals surface area contributed by atoms with Gasteiger partial charge in [0.1, 0.15) is 12.2 Å². The van der Waals surface area contributed by atoms with Gasteiger partial charge in [-0.1, -0.05) is 13.8 Å². The standard InChI is InChI=1S/C14H29N5/c1-7-14(8-2,18(5)6)12(15-4)10-13-16-11-17-19(13)9-3/h11-12,15H,7-10H2,1-6H3. The maximum Gasteiger partial charge on any atom is 0.138 e. The quantitative estimate of drug-likeness (QED) is 0.776. The fraction of sp³-hybridized carbons (Fsp3) is 0.857.